The summed E-state index contributed by atoms with van der Waals surface area (Å²) < 4.78 is 7.39. The maximum absolute atomic E-state index is 12.4. The van der Waals surface area contributed by atoms with Crippen molar-refractivity contribution in [2.24, 2.45) is 0 Å². The van der Waals surface area contributed by atoms with Crippen LogP contribution in [-0.2, 0) is 17.8 Å². The van der Waals surface area contributed by atoms with E-state index in [1.807, 2.05) is 36.4 Å². The van der Waals surface area contributed by atoms with E-state index in [-0.39, 0.29) is 17.3 Å². The first kappa shape index (κ1) is 21.3. The number of aromatic nitrogens is 3. The number of anilines is 1. The number of ether oxygens (including phenoxy) is 1. The number of rotatable bonds is 7. The first-order valence-corrected chi connectivity index (χ1v) is 11.0. The molecule has 4 rings (SSSR count). The fraction of sp³-hybridized carbons (Fsp3) is 0.174. The summed E-state index contributed by atoms with van der Waals surface area (Å²) >= 11 is 10.1. The second-order valence-corrected chi connectivity index (χ2v) is 8.03. The summed E-state index contributed by atoms with van der Waals surface area (Å²) in [6.45, 7) is 3.24. The molecule has 158 valence electrons. The Kier molecular flexibility index (Phi) is 6.53. The zero-order valence-electron chi connectivity index (χ0n) is 16.8. The fourth-order valence-electron chi connectivity index (χ4n) is 3.37. The minimum atomic E-state index is -0.480. The number of halogens is 2. The molecule has 0 atom stereocenters. The van der Waals surface area contributed by atoms with Gasteiger partial charge in [0.15, 0.2) is 11.5 Å². The molecule has 0 saturated carbocycles. The lowest BCUT2D eigenvalue weighted by molar-refractivity contribution is 0.0528. The maximum atomic E-state index is 12.4. The number of hydrogen-bond donors (Lipinski definition) is 0. The molecule has 0 fully saturated rings. The molecule has 6 nitrogen and oxygen atoms in total. The standard InChI is InChI=1S/C23H20BrClN4O2/c1-2-31-23(30)18-13-26-29-21(18)27-20(25)19(24)22(29)28(14-16-9-5-3-6-10-16)15-17-11-7-4-8-12-17/h3-13H,2,14-15H2,1H3. The number of benzene rings is 2. The molecule has 0 amide bonds. The van der Waals surface area contributed by atoms with Crippen LogP contribution in [0.3, 0.4) is 0 Å². The van der Waals surface area contributed by atoms with Gasteiger partial charge < -0.3 is 9.64 Å². The smallest absolute Gasteiger partial charge is 0.343 e. The number of nitrogens with zero attached hydrogens (tertiary/aromatic N) is 4. The van der Waals surface area contributed by atoms with Crippen LogP contribution < -0.4 is 4.90 Å². The van der Waals surface area contributed by atoms with Crippen LogP contribution in [0.1, 0.15) is 28.4 Å². The van der Waals surface area contributed by atoms with Crippen molar-refractivity contribution in [1.82, 2.24) is 14.6 Å². The first-order chi connectivity index (χ1) is 15.1. The first-order valence-electron chi connectivity index (χ1n) is 9.81. The van der Waals surface area contributed by atoms with E-state index in [1.165, 1.54) is 6.20 Å². The monoisotopic (exact) mass is 498 g/mol. The Labute approximate surface area is 193 Å². The van der Waals surface area contributed by atoms with Crippen LogP contribution >= 0.6 is 27.5 Å². The largest absolute Gasteiger partial charge is 0.462 e. The predicted molar refractivity (Wildman–Crippen MR) is 124 cm³/mol. The van der Waals surface area contributed by atoms with E-state index in [0.29, 0.717) is 29.0 Å². The topological polar surface area (TPSA) is 59.7 Å². The highest BCUT2D eigenvalue weighted by atomic mass is 79.9. The molecule has 4 aromatic rings. The van der Waals surface area contributed by atoms with E-state index >= 15 is 0 Å². The summed E-state index contributed by atoms with van der Waals surface area (Å²) in [7, 11) is 0. The van der Waals surface area contributed by atoms with E-state index < -0.39 is 5.97 Å². The van der Waals surface area contributed by atoms with Crippen LogP contribution in [0.25, 0.3) is 5.65 Å². The molecule has 0 saturated heterocycles. The van der Waals surface area contributed by atoms with Crippen LogP contribution in [0, 0.1) is 0 Å². The van der Waals surface area contributed by atoms with Crippen molar-refractivity contribution in [3.8, 4) is 0 Å². The van der Waals surface area contributed by atoms with Gasteiger partial charge in [-0.3, -0.25) is 0 Å². The highest BCUT2D eigenvalue weighted by molar-refractivity contribution is 9.10. The molecule has 2 heterocycles. The van der Waals surface area contributed by atoms with Gasteiger partial charge in [-0.05, 0) is 34.0 Å². The Morgan fingerprint density at radius 3 is 2.19 bits per heavy atom. The number of carbonyl (C=O) groups excluding carboxylic acids is 1. The average Bonchev–Trinajstić information content (AvgIpc) is 3.19. The summed E-state index contributed by atoms with van der Waals surface area (Å²) in [5, 5.41) is 4.70. The van der Waals surface area contributed by atoms with E-state index in [0.717, 1.165) is 11.1 Å². The quantitative estimate of drug-likeness (QED) is 0.247. The molecule has 0 unspecified atom stereocenters. The average molecular weight is 500 g/mol. The molecule has 0 aliphatic heterocycles. The molecule has 31 heavy (non-hydrogen) atoms. The molecule has 0 radical (unpaired) electrons. The Bertz CT molecular complexity index is 1160. The lowest BCUT2D eigenvalue weighted by Gasteiger charge is -2.27. The third-order valence-corrected chi connectivity index (χ3v) is 5.99. The normalized spacial score (nSPS) is 10.9. The molecule has 0 bridgehead atoms. The number of esters is 1. The molecule has 0 spiro atoms. The predicted octanol–water partition coefficient (Wildman–Crippen LogP) is 5.53. The van der Waals surface area contributed by atoms with Gasteiger partial charge >= 0.3 is 5.97 Å². The fourth-order valence-corrected chi connectivity index (χ4v) is 4.04. The van der Waals surface area contributed by atoms with E-state index in [1.54, 1.807) is 11.4 Å². The molecule has 0 N–H and O–H groups in total. The van der Waals surface area contributed by atoms with Crippen molar-refractivity contribution in [3.05, 3.63) is 93.2 Å². The van der Waals surface area contributed by atoms with Gasteiger partial charge in [0.05, 0.1) is 17.3 Å². The van der Waals surface area contributed by atoms with Gasteiger partial charge in [-0.25, -0.2) is 9.78 Å². The Balaban J connectivity index is 1.85. The zero-order chi connectivity index (χ0) is 21.8. The third kappa shape index (κ3) is 4.57. The van der Waals surface area contributed by atoms with Crippen molar-refractivity contribution >= 4 is 45.0 Å². The highest BCUT2D eigenvalue weighted by Crippen LogP contribution is 2.35. The molecule has 0 aliphatic carbocycles. The molecular weight excluding hydrogens is 480 g/mol. The summed E-state index contributed by atoms with van der Waals surface area (Å²) in [6, 6.07) is 20.3. The maximum Gasteiger partial charge on any atom is 0.343 e. The Hall–Kier alpha value is -2.90. The van der Waals surface area contributed by atoms with Crippen LogP contribution in [0.2, 0.25) is 5.15 Å². The minimum absolute atomic E-state index is 0.250. The van der Waals surface area contributed by atoms with Gasteiger partial charge in [-0.2, -0.15) is 9.61 Å². The number of hydrogen-bond acceptors (Lipinski definition) is 5. The molecule has 2 aromatic heterocycles. The highest BCUT2D eigenvalue weighted by Gasteiger charge is 2.24. The molecule has 8 heteroatoms. The van der Waals surface area contributed by atoms with Gasteiger partial charge in [-0.1, -0.05) is 72.3 Å². The van der Waals surface area contributed by atoms with Crippen LogP contribution in [0.5, 0.6) is 0 Å². The minimum Gasteiger partial charge on any atom is -0.462 e. The summed E-state index contributed by atoms with van der Waals surface area (Å²) in [4.78, 5) is 18.9. The molecular formula is C23H20BrClN4O2. The van der Waals surface area contributed by atoms with E-state index in [2.05, 4.69) is 55.2 Å². The van der Waals surface area contributed by atoms with Crippen LogP contribution in [0.4, 0.5) is 5.82 Å². The van der Waals surface area contributed by atoms with Crippen molar-refractivity contribution in [1.29, 1.82) is 0 Å². The molecule has 2 aromatic carbocycles. The van der Waals surface area contributed by atoms with Crippen LogP contribution in [-0.4, -0.2) is 27.2 Å². The zero-order valence-corrected chi connectivity index (χ0v) is 19.2. The van der Waals surface area contributed by atoms with Gasteiger partial charge in [0.1, 0.15) is 10.7 Å². The summed E-state index contributed by atoms with van der Waals surface area (Å²) in [5.74, 6) is 0.227. The van der Waals surface area contributed by atoms with Crippen molar-refractivity contribution in [2.45, 2.75) is 20.0 Å². The SMILES string of the molecule is CCOC(=O)c1cnn2c(N(Cc3ccccc3)Cc3ccccc3)c(Br)c(Cl)nc12. The third-order valence-electron chi connectivity index (χ3n) is 4.75. The number of fused-ring (bicyclic) bond motifs is 1. The second kappa shape index (κ2) is 9.49. The van der Waals surface area contributed by atoms with Crippen molar-refractivity contribution < 1.29 is 9.53 Å². The van der Waals surface area contributed by atoms with Crippen molar-refractivity contribution in [3.63, 3.8) is 0 Å². The Morgan fingerprint density at radius 1 is 1.06 bits per heavy atom. The lowest BCUT2D eigenvalue weighted by atomic mass is 10.1. The van der Waals surface area contributed by atoms with Gasteiger partial charge in [-0.15, -0.1) is 0 Å². The van der Waals surface area contributed by atoms with Gasteiger partial charge in [0.2, 0.25) is 0 Å². The van der Waals surface area contributed by atoms with E-state index in [4.69, 9.17) is 16.3 Å². The Morgan fingerprint density at radius 2 is 1.65 bits per heavy atom. The second-order valence-electron chi connectivity index (χ2n) is 6.88. The number of carbonyl (C=O) groups is 1. The van der Waals surface area contributed by atoms with Gasteiger partial charge in [0, 0.05) is 13.1 Å². The van der Waals surface area contributed by atoms with Crippen LogP contribution in [0.15, 0.2) is 71.3 Å². The molecule has 0 aliphatic rings. The lowest BCUT2D eigenvalue weighted by Crippen LogP contribution is -2.25. The summed E-state index contributed by atoms with van der Waals surface area (Å²) in [5.41, 5.74) is 2.89. The van der Waals surface area contributed by atoms with Gasteiger partial charge in [0.25, 0.3) is 0 Å². The van der Waals surface area contributed by atoms with E-state index in [9.17, 15) is 4.79 Å². The summed E-state index contributed by atoms with van der Waals surface area (Å²) in [6.07, 6.45) is 1.47. The van der Waals surface area contributed by atoms with Crippen molar-refractivity contribution in [2.75, 3.05) is 11.5 Å².